The van der Waals surface area contributed by atoms with Crippen LogP contribution < -0.4 is 16.4 Å². The fourth-order valence-electron chi connectivity index (χ4n) is 2.24. The molecule has 1 heterocycles. The van der Waals surface area contributed by atoms with Crippen molar-refractivity contribution in [3.05, 3.63) is 40.7 Å². The SMILES string of the molecule is Cc1ccc(C[NH+](C)Cc2nc(N)nc(N)n2)c(C)c1. The summed E-state index contributed by atoms with van der Waals surface area (Å²) in [5.41, 5.74) is 15.1. The Bertz CT molecular complexity index is 590. The van der Waals surface area contributed by atoms with Gasteiger partial charge in [0.2, 0.25) is 11.9 Å². The Morgan fingerprint density at radius 2 is 1.65 bits per heavy atom. The summed E-state index contributed by atoms with van der Waals surface area (Å²) < 4.78 is 0. The third kappa shape index (κ3) is 3.64. The lowest BCUT2D eigenvalue weighted by Crippen LogP contribution is -3.06. The van der Waals surface area contributed by atoms with Crippen LogP contribution in [0.3, 0.4) is 0 Å². The maximum atomic E-state index is 5.58. The molecule has 0 fully saturated rings. The van der Waals surface area contributed by atoms with E-state index >= 15 is 0 Å². The first-order valence-corrected chi connectivity index (χ1v) is 6.57. The van der Waals surface area contributed by atoms with Crippen LogP contribution in [-0.2, 0) is 13.1 Å². The Kier molecular flexibility index (Phi) is 4.14. The molecule has 0 aliphatic heterocycles. The molecule has 106 valence electrons. The summed E-state index contributed by atoms with van der Waals surface area (Å²) in [5, 5.41) is 0. The molecule has 1 aromatic heterocycles. The summed E-state index contributed by atoms with van der Waals surface area (Å²) in [4.78, 5) is 13.3. The molecule has 2 rings (SSSR count). The number of anilines is 2. The molecule has 6 nitrogen and oxygen atoms in total. The number of hydrogen-bond donors (Lipinski definition) is 3. The second kappa shape index (κ2) is 5.83. The Morgan fingerprint density at radius 3 is 2.25 bits per heavy atom. The number of nitrogen functional groups attached to an aromatic ring is 2. The number of rotatable bonds is 4. The molecule has 0 aliphatic rings. The van der Waals surface area contributed by atoms with E-state index in [1.807, 2.05) is 0 Å². The molecular formula is C14H21N6+. The van der Waals surface area contributed by atoms with Gasteiger partial charge in [0.15, 0.2) is 5.82 Å². The lowest BCUT2D eigenvalue weighted by Gasteiger charge is -2.15. The number of nitrogens with zero attached hydrogens (tertiary/aromatic N) is 3. The van der Waals surface area contributed by atoms with E-state index in [1.54, 1.807) is 0 Å². The molecule has 6 heteroatoms. The molecule has 0 spiro atoms. The largest absolute Gasteiger partial charge is 0.368 e. The van der Waals surface area contributed by atoms with Crippen LogP contribution in [0.5, 0.6) is 0 Å². The number of hydrogen-bond acceptors (Lipinski definition) is 5. The minimum Gasteiger partial charge on any atom is -0.368 e. The van der Waals surface area contributed by atoms with Crippen molar-refractivity contribution >= 4 is 11.9 Å². The number of aryl methyl sites for hydroxylation is 2. The maximum absolute atomic E-state index is 5.58. The summed E-state index contributed by atoms with van der Waals surface area (Å²) in [7, 11) is 2.09. The van der Waals surface area contributed by atoms with Gasteiger partial charge in [-0.25, -0.2) is 0 Å². The Labute approximate surface area is 118 Å². The van der Waals surface area contributed by atoms with Gasteiger partial charge in [-0.2, -0.15) is 15.0 Å². The monoisotopic (exact) mass is 273 g/mol. The van der Waals surface area contributed by atoms with Crippen molar-refractivity contribution in [3.63, 3.8) is 0 Å². The second-order valence-electron chi connectivity index (χ2n) is 5.21. The van der Waals surface area contributed by atoms with E-state index in [2.05, 4.69) is 54.0 Å². The number of benzene rings is 1. The number of aromatic nitrogens is 3. The smallest absolute Gasteiger partial charge is 0.225 e. The van der Waals surface area contributed by atoms with Crippen LogP contribution in [0.4, 0.5) is 11.9 Å². The number of nitrogens with one attached hydrogen (secondary N) is 1. The van der Waals surface area contributed by atoms with Crippen molar-refractivity contribution in [1.29, 1.82) is 0 Å². The van der Waals surface area contributed by atoms with Crippen LogP contribution in [-0.4, -0.2) is 22.0 Å². The summed E-state index contributed by atoms with van der Waals surface area (Å²) in [6.45, 7) is 5.79. The van der Waals surface area contributed by atoms with Gasteiger partial charge in [-0.05, 0) is 19.4 Å². The fourth-order valence-corrected chi connectivity index (χ4v) is 2.24. The van der Waals surface area contributed by atoms with Gasteiger partial charge in [-0.1, -0.05) is 23.8 Å². The maximum Gasteiger partial charge on any atom is 0.225 e. The van der Waals surface area contributed by atoms with Crippen LogP contribution in [0.1, 0.15) is 22.5 Å². The molecule has 1 aromatic carbocycles. The van der Waals surface area contributed by atoms with Gasteiger partial charge >= 0.3 is 0 Å². The number of quaternary nitrogens is 1. The molecule has 0 aliphatic carbocycles. The third-order valence-electron chi connectivity index (χ3n) is 3.17. The molecule has 2 aromatic rings. The first-order valence-electron chi connectivity index (χ1n) is 6.57. The molecule has 0 bridgehead atoms. The molecule has 0 saturated carbocycles. The molecule has 0 saturated heterocycles. The molecule has 0 radical (unpaired) electrons. The van der Waals surface area contributed by atoms with Crippen LogP contribution in [0.25, 0.3) is 0 Å². The first kappa shape index (κ1) is 14.2. The van der Waals surface area contributed by atoms with Crippen molar-refractivity contribution in [1.82, 2.24) is 15.0 Å². The Hall–Kier alpha value is -2.21. The van der Waals surface area contributed by atoms with Crippen molar-refractivity contribution in [3.8, 4) is 0 Å². The van der Waals surface area contributed by atoms with Crippen LogP contribution >= 0.6 is 0 Å². The van der Waals surface area contributed by atoms with E-state index < -0.39 is 0 Å². The zero-order valence-electron chi connectivity index (χ0n) is 12.1. The average Bonchev–Trinajstić information content (AvgIpc) is 2.31. The van der Waals surface area contributed by atoms with E-state index in [9.17, 15) is 0 Å². The van der Waals surface area contributed by atoms with Gasteiger partial charge in [0.1, 0.15) is 13.1 Å². The van der Waals surface area contributed by atoms with Gasteiger partial charge in [0.25, 0.3) is 0 Å². The van der Waals surface area contributed by atoms with Crippen molar-refractivity contribution < 1.29 is 4.90 Å². The van der Waals surface area contributed by atoms with Gasteiger partial charge in [-0.15, -0.1) is 0 Å². The normalized spacial score (nSPS) is 12.3. The minimum atomic E-state index is 0.173. The highest BCUT2D eigenvalue weighted by Gasteiger charge is 2.11. The van der Waals surface area contributed by atoms with Crippen molar-refractivity contribution in [2.24, 2.45) is 0 Å². The predicted octanol–water partition coefficient (Wildman–Crippen LogP) is -0.132. The lowest BCUT2D eigenvalue weighted by atomic mass is 10.1. The zero-order valence-corrected chi connectivity index (χ0v) is 12.1. The molecule has 1 unspecified atom stereocenters. The van der Waals surface area contributed by atoms with Crippen LogP contribution in [0.15, 0.2) is 18.2 Å². The van der Waals surface area contributed by atoms with E-state index in [1.165, 1.54) is 21.6 Å². The lowest BCUT2D eigenvalue weighted by molar-refractivity contribution is -0.908. The summed E-state index contributed by atoms with van der Waals surface area (Å²) >= 11 is 0. The van der Waals surface area contributed by atoms with E-state index in [4.69, 9.17) is 11.5 Å². The summed E-state index contributed by atoms with van der Waals surface area (Å²) in [6.07, 6.45) is 0. The molecule has 5 N–H and O–H groups in total. The Morgan fingerprint density at radius 1 is 1.00 bits per heavy atom. The second-order valence-corrected chi connectivity index (χ2v) is 5.21. The predicted molar refractivity (Wildman–Crippen MR) is 78.9 cm³/mol. The first-order chi connectivity index (χ1) is 9.44. The highest BCUT2D eigenvalue weighted by Crippen LogP contribution is 2.09. The molecular weight excluding hydrogens is 252 g/mol. The fraction of sp³-hybridized carbons (Fsp3) is 0.357. The third-order valence-corrected chi connectivity index (χ3v) is 3.17. The van der Waals surface area contributed by atoms with Crippen molar-refractivity contribution in [2.75, 3.05) is 18.5 Å². The molecule has 20 heavy (non-hydrogen) atoms. The highest BCUT2D eigenvalue weighted by molar-refractivity contribution is 5.29. The van der Waals surface area contributed by atoms with Gasteiger partial charge < -0.3 is 16.4 Å². The molecule has 0 amide bonds. The topological polar surface area (TPSA) is 95.2 Å². The minimum absolute atomic E-state index is 0.173. The molecule has 1 atom stereocenters. The van der Waals surface area contributed by atoms with E-state index in [0.717, 1.165) is 6.54 Å². The average molecular weight is 273 g/mol. The number of nitrogens with two attached hydrogens (primary N) is 2. The summed E-state index contributed by atoms with van der Waals surface area (Å²) in [6, 6.07) is 6.50. The Balaban J connectivity index is 2.06. The van der Waals surface area contributed by atoms with Gasteiger partial charge in [0, 0.05) is 5.56 Å². The highest BCUT2D eigenvalue weighted by atomic mass is 15.2. The van der Waals surface area contributed by atoms with Gasteiger partial charge in [0.05, 0.1) is 7.05 Å². The van der Waals surface area contributed by atoms with Crippen molar-refractivity contribution in [2.45, 2.75) is 26.9 Å². The van der Waals surface area contributed by atoms with Crippen LogP contribution in [0, 0.1) is 13.8 Å². The van der Waals surface area contributed by atoms with E-state index in [-0.39, 0.29) is 11.9 Å². The van der Waals surface area contributed by atoms with Crippen LogP contribution in [0.2, 0.25) is 0 Å². The summed E-state index contributed by atoms with van der Waals surface area (Å²) in [5.74, 6) is 0.968. The van der Waals surface area contributed by atoms with E-state index in [0.29, 0.717) is 12.4 Å². The van der Waals surface area contributed by atoms with Gasteiger partial charge in [-0.3, -0.25) is 0 Å². The standard InChI is InChI=1S/C14H20N6/c1-9-4-5-11(10(2)6-9)7-20(3)8-12-17-13(15)19-14(16)18-12/h4-6H,7-8H2,1-3H3,(H4,15,16,17,18,19)/p+1. The zero-order chi connectivity index (χ0) is 14.7. The quantitative estimate of drug-likeness (QED) is 0.721.